The van der Waals surface area contributed by atoms with Crippen molar-refractivity contribution in [3.8, 4) is 0 Å². The first-order valence-electron chi connectivity index (χ1n) is 4.31. The third-order valence-electron chi connectivity index (χ3n) is 1.74. The predicted molar refractivity (Wildman–Crippen MR) is 51.5 cm³/mol. The summed E-state index contributed by atoms with van der Waals surface area (Å²) in [5.41, 5.74) is 1.35. The molecular formula is C10H14B. The van der Waals surface area contributed by atoms with Gasteiger partial charge >= 0.3 is 0 Å². The molecule has 1 heteroatoms. The van der Waals surface area contributed by atoms with Crippen molar-refractivity contribution in [2.45, 2.75) is 26.1 Å². The first kappa shape index (κ1) is 8.38. The van der Waals surface area contributed by atoms with Crippen LogP contribution in [0.2, 0.25) is 6.32 Å². The van der Waals surface area contributed by atoms with Crippen LogP contribution in [0.4, 0.5) is 0 Å². The van der Waals surface area contributed by atoms with Crippen LogP contribution in [-0.4, -0.2) is 7.28 Å². The van der Waals surface area contributed by atoms with Gasteiger partial charge in [-0.15, -0.1) is 0 Å². The second-order valence-electron chi connectivity index (χ2n) is 2.76. The van der Waals surface area contributed by atoms with Crippen LogP contribution in [0.5, 0.6) is 0 Å². The topological polar surface area (TPSA) is 0 Å². The molecule has 0 bridgehead atoms. The smallest absolute Gasteiger partial charge is 0.0878 e. The van der Waals surface area contributed by atoms with Crippen LogP contribution in [0.25, 0.3) is 0 Å². The molecule has 1 rings (SSSR count). The lowest BCUT2D eigenvalue weighted by Crippen LogP contribution is -2.11. The Labute approximate surface area is 69.9 Å². The summed E-state index contributed by atoms with van der Waals surface area (Å²) >= 11 is 0. The summed E-state index contributed by atoms with van der Waals surface area (Å²) in [6, 6.07) is 10.5. The Morgan fingerprint density at radius 1 is 1.18 bits per heavy atom. The maximum Gasteiger partial charge on any atom is 0.151 e. The molecule has 0 atom stereocenters. The molecule has 0 aliphatic rings. The zero-order chi connectivity index (χ0) is 7.94. The summed E-state index contributed by atoms with van der Waals surface area (Å²) < 4.78 is 0. The van der Waals surface area contributed by atoms with Gasteiger partial charge in [-0.2, -0.15) is 0 Å². The Kier molecular flexibility index (Phi) is 3.81. The number of benzene rings is 1. The van der Waals surface area contributed by atoms with Crippen molar-refractivity contribution in [1.82, 2.24) is 0 Å². The molecule has 1 radical (unpaired) electrons. The van der Waals surface area contributed by atoms with Gasteiger partial charge in [0.1, 0.15) is 0 Å². The number of hydrogen-bond donors (Lipinski definition) is 0. The van der Waals surface area contributed by atoms with E-state index in [1.165, 1.54) is 24.6 Å². The van der Waals surface area contributed by atoms with Gasteiger partial charge in [0, 0.05) is 0 Å². The van der Waals surface area contributed by atoms with Crippen LogP contribution in [0, 0.1) is 0 Å². The molecule has 57 valence electrons. The molecule has 0 aliphatic heterocycles. The normalized spacial score (nSPS) is 9.55. The van der Waals surface area contributed by atoms with Gasteiger partial charge in [-0.1, -0.05) is 61.9 Å². The van der Waals surface area contributed by atoms with Crippen LogP contribution in [0.15, 0.2) is 30.3 Å². The summed E-state index contributed by atoms with van der Waals surface area (Å²) in [5, 5.41) is 0. The Hall–Kier alpha value is -0.715. The average molecular weight is 145 g/mol. The van der Waals surface area contributed by atoms with E-state index in [9.17, 15) is 0 Å². The predicted octanol–water partition coefficient (Wildman–Crippen LogP) is 2.23. The monoisotopic (exact) mass is 145 g/mol. The van der Waals surface area contributed by atoms with E-state index >= 15 is 0 Å². The van der Waals surface area contributed by atoms with Crippen molar-refractivity contribution in [2.75, 3.05) is 0 Å². The van der Waals surface area contributed by atoms with E-state index in [2.05, 4.69) is 44.5 Å². The molecule has 0 spiro atoms. The van der Waals surface area contributed by atoms with Crippen LogP contribution >= 0.6 is 0 Å². The number of unbranched alkanes of at least 4 members (excludes halogenated alkanes) is 1. The fourth-order valence-electron chi connectivity index (χ4n) is 1.06. The standard InChI is InChI=1S/C10H14B/c1-2-3-9-11-10-7-5-4-6-8-10/h4-8H,2-3,9H2,1H3. The van der Waals surface area contributed by atoms with Crippen LogP contribution in [-0.2, 0) is 0 Å². The summed E-state index contributed by atoms with van der Waals surface area (Å²) in [5.74, 6) is 0. The van der Waals surface area contributed by atoms with Gasteiger partial charge < -0.3 is 0 Å². The lowest BCUT2D eigenvalue weighted by Gasteiger charge is -1.96. The molecule has 0 heterocycles. The van der Waals surface area contributed by atoms with Gasteiger partial charge in [0.05, 0.1) is 0 Å². The molecule has 0 N–H and O–H groups in total. The molecule has 1 aromatic carbocycles. The highest BCUT2D eigenvalue weighted by Gasteiger charge is 1.91. The summed E-state index contributed by atoms with van der Waals surface area (Å²) in [7, 11) is 2.30. The molecule has 0 aliphatic carbocycles. The van der Waals surface area contributed by atoms with E-state index in [-0.39, 0.29) is 0 Å². The van der Waals surface area contributed by atoms with E-state index in [1.54, 1.807) is 0 Å². The van der Waals surface area contributed by atoms with Gasteiger partial charge in [0.2, 0.25) is 0 Å². The zero-order valence-electron chi connectivity index (χ0n) is 7.09. The van der Waals surface area contributed by atoms with Crippen molar-refractivity contribution >= 4 is 12.7 Å². The molecule has 11 heavy (non-hydrogen) atoms. The molecule has 0 nitrogen and oxygen atoms in total. The highest BCUT2D eigenvalue weighted by atomic mass is 13.8. The van der Waals surface area contributed by atoms with Crippen molar-refractivity contribution in [1.29, 1.82) is 0 Å². The van der Waals surface area contributed by atoms with Gasteiger partial charge in [-0.3, -0.25) is 0 Å². The Morgan fingerprint density at radius 3 is 2.55 bits per heavy atom. The van der Waals surface area contributed by atoms with Gasteiger partial charge in [-0.25, -0.2) is 0 Å². The van der Waals surface area contributed by atoms with E-state index in [4.69, 9.17) is 0 Å². The minimum atomic E-state index is 1.21. The molecule has 0 unspecified atom stereocenters. The molecule has 0 aromatic heterocycles. The van der Waals surface area contributed by atoms with Crippen LogP contribution < -0.4 is 5.46 Å². The fourth-order valence-corrected chi connectivity index (χ4v) is 1.06. The van der Waals surface area contributed by atoms with Crippen LogP contribution in [0.3, 0.4) is 0 Å². The first-order chi connectivity index (χ1) is 5.43. The molecule has 1 aromatic rings. The second-order valence-corrected chi connectivity index (χ2v) is 2.76. The Balaban J connectivity index is 2.28. The fraction of sp³-hybridized carbons (Fsp3) is 0.400. The molecule has 0 saturated carbocycles. The average Bonchev–Trinajstić information content (AvgIpc) is 2.07. The maximum atomic E-state index is 2.30. The van der Waals surface area contributed by atoms with E-state index in [0.29, 0.717) is 0 Å². The molecular weight excluding hydrogens is 131 g/mol. The quantitative estimate of drug-likeness (QED) is 0.450. The minimum Gasteiger partial charge on any atom is -0.0878 e. The van der Waals surface area contributed by atoms with Crippen molar-refractivity contribution in [3.63, 3.8) is 0 Å². The SMILES string of the molecule is CCCC[B]c1ccccc1. The number of hydrogen-bond acceptors (Lipinski definition) is 0. The third-order valence-corrected chi connectivity index (χ3v) is 1.74. The maximum absolute atomic E-state index is 2.30. The number of rotatable bonds is 4. The van der Waals surface area contributed by atoms with E-state index in [0.717, 1.165) is 0 Å². The second kappa shape index (κ2) is 5.00. The van der Waals surface area contributed by atoms with E-state index < -0.39 is 0 Å². The Morgan fingerprint density at radius 2 is 1.91 bits per heavy atom. The highest BCUT2D eigenvalue weighted by molar-refractivity contribution is 6.53. The lowest BCUT2D eigenvalue weighted by atomic mass is 9.66. The lowest BCUT2D eigenvalue weighted by molar-refractivity contribution is 0.881. The van der Waals surface area contributed by atoms with Crippen molar-refractivity contribution in [3.05, 3.63) is 30.3 Å². The van der Waals surface area contributed by atoms with Crippen molar-refractivity contribution < 1.29 is 0 Å². The van der Waals surface area contributed by atoms with E-state index in [1.807, 2.05) is 0 Å². The minimum absolute atomic E-state index is 1.21. The zero-order valence-corrected chi connectivity index (χ0v) is 7.09. The van der Waals surface area contributed by atoms with Crippen LogP contribution in [0.1, 0.15) is 19.8 Å². The molecule has 0 amide bonds. The first-order valence-corrected chi connectivity index (χ1v) is 4.31. The third kappa shape index (κ3) is 3.27. The van der Waals surface area contributed by atoms with Gasteiger partial charge in [0.15, 0.2) is 7.28 Å². The summed E-state index contributed by atoms with van der Waals surface area (Å²) in [4.78, 5) is 0. The highest BCUT2D eigenvalue weighted by Crippen LogP contribution is 1.93. The van der Waals surface area contributed by atoms with Gasteiger partial charge in [0.25, 0.3) is 0 Å². The Bertz CT molecular complexity index is 181. The molecule has 0 saturated heterocycles. The molecule has 0 fully saturated rings. The largest absolute Gasteiger partial charge is 0.151 e. The summed E-state index contributed by atoms with van der Waals surface area (Å²) in [6.07, 6.45) is 3.79. The van der Waals surface area contributed by atoms with Crippen molar-refractivity contribution in [2.24, 2.45) is 0 Å². The summed E-state index contributed by atoms with van der Waals surface area (Å²) in [6.45, 7) is 2.22. The van der Waals surface area contributed by atoms with Gasteiger partial charge in [-0.05, 0) is 0 Å².